The van der Waals surface area contributed by atoms with Crippen LogP contribution in [0.3, 0.4) is 0 Å². The number of rotatable bonds is 4. The Morgan fingerprint density at radius 1 is 1.33 bits per heavy atom. The molecular weight excluding hydrogens is 224 g/mol. The van der Waals surface area contributed by atoms with Gasteiger partial charge in [-0.3, -0.25) is 0 Å². The van der Waals surface area contributed by atoms with Crippen LogP contribution >= 0.6 is 0 Å². The Balaban J connectivity index is 1.55. The molecule has 3 fully saturated rings. The molecule has 1 saturated heterocycles. The van der Waals surface area contributed by atoms with Crippen molar-refractivity contribution in [3.05, 3.63) is 0 Å². The summed E-state index contributed by atoms with van der Waals surface area (Å²) in [6, 6.07) is 2.17. The average Bonchev–Trinajstić information content (AvgIpc) is 2.54. The number of nitrogens with one attached hydrogen (secondary N) is 1. The SMILES string of the molecule is CCO[C@@H]1C[C@H](N[C@@H]2C[C@H](C)N(C)C2)C12CCC2. The fourth-order valence-corrected chi connectivity index (χ4v) is 4.27. The highest BCUT2D eigenvalue weighted by atomic mass is 16.5. The highest BCUT2D eigenvalue weighted by Gasteiger charge is 2.59. The van der Waals surface area contributed by atoms with E-state index in [1.54, 1.807) is 0 Å². The largest absolute Gasteiger partial charge is 0.378 e. The molecule has 0 bridgehead atoms. The van der Waals surface area contributed by atoms with Crippen molar-refractivity contribution in [2.45, 2.75) is 70.2 Å². The number of hydrogen-bond donors (Lipinski definition) is 1. The third kappa shape index (κ3) is 1.91. The van der Waals surface area contributed by atoms with Gasteiger partial charge in [-0.2, -0.15) is 0 Å². The van der Waals surface area contributed by atoms with Crippen LogP contribution in [0.5, 0.6) is 0 Å². The molecule has 3 nitrogen and oxygen atoms in total. The van der Waals surface area contributed by atoms with Crippen molar-refractivity contribution in [3.63, 3.8) is 0 Å². The first kappa shape index (κ1) is 12.9. The second kappa shape index (κ2) is 4.77. The molecule has 4 atom stereocenters. The van der Waals surface area contributed by atoms with Crippen molar-refractivity contribution in [1.29, 1.82) is 0 Å². The van der Waals surface area contributed by atoms with E-state index in [-0.39, 0.29) is 0 Å². The minimum atomic E-state index is 0.514. The standard InChI is InChI=1S/C15H28N2O/c1-4-18-14-9-13(15(14)6-5-7-15)16-12-8-11(2)17(3)10-12/h11-14,16H,4-10H2,1-3H3/t11-,12+,13-,14+/m0/s1. The fraction of sp³-hybridized carbons (Fsp3) is 1.00. The summed E-state index contributed by atoms with van der Waals surface area (Å²) in [5.74, 6) is 0. The quantitative estimate of drug-likeness (QED) is 0.828. The summed E-state index contributed by atoms with van der Waals surface area (Å²) >= 11 is 0. The molecule has 0 radical (unpaired) electrons. The van der Waals surface area contributed by atoms with Gasteiger partial charge in [-0.15, -0.1) is 0 Å². The lowest BCUT2D eigenvalue weighted by molar-refractivity contribution is -0.174. The van der Waals surface area contributed by atoms with Gasteiger partial charge in [-0.25, -0.2) is 0 Å². The minimum Gasteiger partial charge on any atom is -0.378 e. The van der Waals surface area contributed by atoms with Gasteiger partial charge in [0.25, 0.3) is 0 Å². The lowest BCUT2D eigenvalue weighted by atomic mass is 9.51. The Bertz CT molecular complexity index is 293. The van der Waals surface area contributed by atoms with E-state index in [9.17, 15) is 0 Å². The van der Waals surface area contributed by atoms with Crippen molar-refractivity contribution in [3.8, 4) is 0 Å². The van der Waals surface area contributed by atoms with Crippen LogP contribution in [0.4, 0.5) is 0 Å². The first-order valence-electron chi connectivity index (χ1n) is 7.73. The van der Waals surface area contributed by atoms with Gasteiger partial charge < -0.3 is 15.0 Å². The number of ether oxygens (including phenoxy) is 1. The predicted octanol–water partition coefficient (Wildman–Crippen LogP) is 2.02. The zero-order valence-electron chi connectivity index (χ0n) is 12.1. The van der Waals surface area contributed by atoms with Crippen LogP contribution in [0.25, 0.3) is 0 Å². The molecule has 104 valence electrons. The van der Waals surface area contributed by atoms with Crippen LogP contribution in [0.15, 0.2) is 0 Å². The van der Waals surface area contributed by atoms with Crippen LogP contribution in [-0.4, -0.2) is 49.3 Å². The normalized spacial score (nSPS) is 42.8. The first-order chi connectivity index (χ1) is 8.65. The molecule has 0 aromatic heterocycles. The lowest BCUT2D eigenvalue weighted by Crippen LogP contribution is -2.68. The molecule has 3 heteroatoms. The number of hydrogen-bond acceptors (Lipinski definition) is 3. The monoisotopic (exact) mass is 252 g/mol. The molecule has 3 aliphatic rings. The van der Waals surface area contributed by atoms with Crippen molar-refractivity contribution in [2.24, 2.45) is 5.41 Å². The molecule has 1 aliphatic heterocycles. The zero-order valence-corrected chi connectivity index (χ0v) is 12.1. The van der Waals surface area contributed by atoms with Crippen molar-refractivity contribution in [1.82, 2.24) is 10.2 Å². The van der Waals surface area contributed by atoms with E-state index in [0.29, 0.717) is 17.6 Å². The Morgan fingerprint density at radius 2 is 2.11 bits per heavy atom. The summed E-state index contributed by atoms with van der Waals surface area (Å²) in [6.07, 6.45) is 7.26. The maximum atomic E-state index is 5.92. The van der Waals surface area contributed by atoms with E-state index in [0.717, 1.165) is 18.7 Å². The molecule has 0 aromatic carbocycles. The average molecular weight is 252 g/mol. The molecule has 3 rings (SSSR count). The summed E-state index contributed by atoms with van der Waals surface area (Å²) < 4.78 is 5.92. The maximum absolute atomic E-state index is 5.92. The van der Waals surface area contributed by atoms with E-state index >= 15 is 0 Å². The number of likely N-dealkylation sites (N-methyl/N-ethyl adjacent to an activating group) is 1. The first-order valence-corrected chi connectivity index (χ1v) is 7.73. The topological polar surface area (TPSA) is 24.5 Å². The van der Waals surface area contributed by atoms with Crippen molar-refractivity contribution < 1.29 is 4.74 Å². The fourth-order valence-electron chi connectivity index (χ4n) is 4.27. The van der Waals surface area contributed by atoms with E-state index in [1.165, 1.54) is 38.6 Å². The predicted molar refractivity (Wildman–Crippen MR) is 73.7 cm³/mol. The highest BCUT2D eigenvalue weighted by molar-refractivity contribution is 5.13. The Kier molecular flexibility index (Phi) is 3.41. The second-order valence-corrected chi connectivity index (χ2v) is 6.71. The van der Waals surface area contributed by atoms with Crippen molar-refractivity contribution >= 4 is 0 Å². The summed E-state index contributed by atoms with van der Waals surface area (Å²) in [5.41, 5.74) is 0.514. The lowest BCUT2D eigenvalue weighted by Gasteiger charge is -2.61. The van der Waals surface area contributed by atoms with Crippen LogP contribution in [0, 0.1) is 5.41 Å². The molecule has 0 aromatic rings. The highest BCUT2D eigenvalue weighted by Crippen LogP contribution is 2.57. The van der Waals surface area contributed by atoms with Gasteiger partial charge in [-0.1, -0.05) is 6.42 Å². The third-order valence-corrected chi connectivity index (χ3v) is 5.76. The molecule has 1 heterocycles. The second-order valence-electron chi connectivity index (χ2n) is 6.71. The van der Waals surface area contributed by atoms with Crippen LogP contribution in [-0.2, 0) is 4.74 Å². The van der Waals surface area contributed by atoms with Crippen LogP contribution in [0.1, 0.15) is 46.0 Å². The van der Waals surface area contributed by atoms with Gasteiger partial charge in [0.15, 0.2) is 0 Å². The van der Waals surface area contributed by atoms with Gasteiger partial charge in [0.2, 0.25) is 0 Å². The zero-order chi connectivity index (χ0) is 12.8. The van der Waals surface area contributed by atoms with Gasteiger partial charge >= 0.3 is 0 Å². The maximum Gasteiger partial charge on any atom is 0.0661 e. The van der Waals surface area contributed by atoms with Crippen LogP contribution < -0.4 is 5.32 Å². The van der Waals surface area contributed by atoms with Gasteiger partial charge in [0.05, 0.1) is 6.10 Å². The van der Waals surface area contributed by atoms with Gasteiger partial charge in [-0.05, 0) is 46.6 Å². The molecule has 0 unspecified atom stereocenters. The number of likely N-dealkylation sites (tertiary alicyclic amines) is 1. The summed E-state index contributed by atoms with van der Waals surface area (Å²) in [6.45, 7) is 6.56. The molecule has 2 saturated carbocycles. The Morgan fingerprint density at radius 3 is 2.61 bits per heavy atom. The molecular formula is C15H28N2O. The summed E-state index contributed by atoms with van der Waals surface area (Å²) in [4.78, 5) is 2.48. The molecule has 2 aliphatic carbocycles. The Hall–Kier alpha value is -0.120. The minimum absolute atomic E-state index is 0.514. The molecule has 0 amide bonds. The molecule has 1 N–H and O–H groups in total. The Labute approximate surface area is 111 Å². The van der Waals surface area contributed by atoms with Crippen molar-refractivity contribution in [2.75, 3.05) is 20.2 Å². The smallest absolute Gasteiger partial charge is 0.0661 e. The van der Waals surface area contributed by atoms with Gasteiger partial charge in [0.1, 0.15) is 0 Å². The van der Waals surface area contributed by atoms with Crippen LogP contribution in [0.2, 0.25) is 0 Å². The number of nitrogens with zero attached hydrogens (tertiary/aromatic N) is 1. The third-order valence-electron chi connectivity index (χ3n) is 5.76. The van der Waals surface area contributed by atoms with E-state index in [4.69, 9.17) is 4.74 Å². The van der Waals surface area contributed by atoms with E-state index in [1.807, 2.05) is 0 Å². The molecule has 1 spiro atoms. The molecule has 18 heavy (non-hydrogen) atoms. The van der Waals surface area contributed by atoms with E-state index < -0.39 is 0 Å². The summed E-state index contributed by atoms with van der Waals surface area (Å²) in [5, 5.41) is 3.94. The van der Waals surface area contributed by atoms with E-state index in [2.05, 4.69) is 31.1 Å². The summed E-state index contributed by atoms with van der Waals surface area (Å²) in [7, 11) is 2.25. The van der Waals surface area contributed by atoms with Gasteiger partial charge in [0, 0.05) is 36.7 Å².